The molecule has 0 radical (unpaired) electrons. The molecule has 0 unspecified atom stereocenters. The summed E-state index contributed by atoms with van der Waals surface area (Å²) in [5.41, 5.74) is 4.07. The summed E-state index contributed by atoms with van der Waals surface area (Å²) in [7, 11) is 0. The van der Waals surface area contributed by atoms with Gasteiger partial charge in [0.15, 0.2) is 0 Å². The minimum absolute atomic E-state index is 0.0230. The average molecular weight is 243 g/mol. The molecule has 0 saturated heterocycles. The van der Waals surface area contributed by atoms with Crippen LogP contribution in [0.1, 0.15) is 36.7 Å². The van der Waals surface area contributed by atoms with E-state index in [1.54, 1.807) is 20.8 Å². The number of carbonyl (C=O) groups excluding carboxylic acids is 1. The molecule has 0 fully saturated rings. The second-order valence-electron chi connectivity index (χ2n) is 4.63. The van der Waals surface area contributed by atoms with E-state index in [0.717, 1.165) is 12.1 Å². The Labute approximate surface area is 98.6 Å². The predicted molar refractivity (Wildman–Crippen MR) is 59.4 cm³/mol. The molecule has 5 heteroatoms. The Morgan fingerprint density at radius 1 is 1.29 bits per heavy atom. The van der Waals surface area contributed by atoms with Gasteiger partial charge in [-0.25, -0.2) is 13.6 Å². The van der Waals surface area contributed by atoms with Gasteiger partial charge < -0.3 is 10.5 Å². The summed E-state index contributed by atoms with van der Waals surface area (Å²) in [6, 6.07) is 1.72. The van der Waals surface area contributed by atoms with Crippen molar-refractivity contribution >= 4 is 5.97 Å². The van der Waals surface area contributed by atoms with Crippen molar-refractivity contribution in [1.29, 1.82) is 0 Å². The third-order valence-electron chi connectivity index (χ3n) is 1.97. The summed E-state index contributed by atoms with van der Waals surface area (Å²) < 4.78 is 31.8. The van der Waals surface area contributed by atoms with Gasteiger partial charge in [0.25, 0.3) is 0 Å². The van der Waals surface area contributed by atoms with Gasteiger partial charge in [-0.15, -0.1) is 0 Å². The van der Waals surface area contributed by atoms with E-state index in [1.807, 2.05) is 0 Å². The molecule has 0 spiro atoms. The van der Waals surface area contributed by atoms with Crippen LogP contribution in [0.4, 0.5) is 8.78 Å². The smallest absolute Gasteiger partial charge is 0.341 e. The summed E-state index contributed by atoms with van der Waals surface area (Å²) in [5.74, 6) is -2.44. The topological polar surface area (TPSA) is 52.3 Å². The van der Waals surface area contributed by atoms with E-state index in [2.05, 4.69) is 0 Å². The molecule has 0 aliphatic rings. The molecule has 0 atom stereocenters. The van der Waals surface area contributed by atoms with Crippen molar-refractivity contribution in [2.24, 2.45) is 5.73 Å². The number of rotatable bonds is 2. The van der Waals surface area contributed by atoms with Gasteiger partial charge in [-0.1, -0.05) is 0 Å². The monoisotopic (exact) mass is 243 g/mol. The van der Waals surface area contributed by atoms with Crippen LogP contribution in [0.15, 0.2) is 12.1 Å². The van der Waals surface area contributed by atoms with Gasteiger partial charge in [0, 0.05) is 12.1 Å². The molecule has 2 N–H and O–H groups in total. The van der Waals surface area contributed by atoms with E-state index in [9.17, 15) is 13.6 Å². The maximum atomic E-state index is 13.5. The fourth-order valence-corrected chi connectivity index (χ4v) is 1.23. The van der Waals surface area contributed by atoms with Gasteiger partial charge in [-0.05, 0) is 32.9 Å². The Balaban J connectivity index is 3.07. The van der Waals surface area contributed by atoms with E-state index in [-0.39, 0.29) is 12.1 Å². The number of hydrogen-bond acceptors (Lipinski definition) is 3. The van der Waals surface area contributed by atoms with Crippen molar-refractivity contribution in [3.05, 3.63) is 34.9 Å². The van der Waals surface area contributed by atoms with Gasteiger partial charge in [0.1, 0.15) is 17.2 Å². The summed E-state index contributed by atoms with van der Waals surface area (Å²) >= 11 is 0. The lowest BCUT2D eigenvalue weighted by Crippen LogP contribution is -2.24. The zero-order valence-electron chi connectivity index (χ0n) is 10.0. The fraction of sp³-hybridized carbons (Fsp3) is 0.417. The first-order chi connectivity index (χ1) is 7.74. The van der Waals surface area contributed by atoms with Crippen molar-refractivity contribution in [3.8, 4) is 0 Å². The zero-order valence-corrected chi connectivity index (χ0v) is 10.0. The molecule has 0 aliphatic heterocycles. The van der Waals surface area contributed by atoms with E-state index < -0.39 is 28.8 Å². The summed E-state index contributed by atoms with van der Waals surface area (Å²) in [6.45, 7) is 4.81. The third kappa shape index (κ3) is 3.49. The van der Waals surface area contributed by atoms with Crippen LogP contribution in [-0.4, -0.2) is 11.6 Å². The molecule has 1 aromatic carbocycles. The van der Waals surface area contributed by atoms with Crippen LogP contribution in [0.2, 0.25) is 0 Å². The van der Waals surface area contributed by atoms with Crippen LogP contribution in [0.25, 0.3) is 0 Å². The van der Waals surface area contributed by atoms with Crippen LogP contribution in [0.3, 0.4) is 0 Å². The average Bonchev–Trinajstić information content (AvgIpc) is 2.18. The van der Waals surface area contributed by atoms with Crippen molar-refractivity contribution in [3.63, 3.8) is 0 Å². The van der Waals surface area contributed by atoms with E-state index >= 15 is 0 Å². The summed E-state index contributed by atoms with van der Waals surface area (Å²) in [5, 5.41) is 0. The number of benzene rings is 1. The van der Waals surface area contributed by atoms with Gasteiger partial charge in [-0.3, -0.25) is 0 Å². The molecule has 94 valence electrons. The maximum Gasteiger partial charge on any atom is 0.341 e. The van der Waals surface area contributed by atoms with Gasteiger partial charge in [-0.2, -0.15) is 0 Å². The van der Waals surface area contributed by atoms with E-state index in [4.69, 9.17) is 10.5 Å². The Bertz CT molecular complexity index is 439. The third-order valence-corrected chi connectivity index (χ3v) is 1.97. The van der Waals surface area contributed by atoms with Crippen LogP contribution in [0, 0.1) is 11.6 Å². The molecular weight excluding hydrogens is 228 g/mol. The van der Waals surface area contributed by atoms with Crippen LogP contribution in [-0.2, 0) is 11.3 Å². The van der Waals surface area contributed by atoms with E-state index in [1.165, 1.54) is 0 Å². The molecular formula is C12H15F2NO2. The minimum atomic E-state index is -0.891. The first kappa shape index (κ1) is 13.6. The Hall–Kier alpha value is -1.49. The standard InChI is InChI=1S/C12H15F2NO2/c1-12(2,3)17-11(16)8-5-9(13)7(6-15)4-10(8)14/h4-5H,6,15H2,1-3H3. The number of halogens is 2. The first-order valence-corrected chi connectivity index (χ1v) is 5.16. The molecule has 0 amide bonds. The molecule has 0 bridgehead atoms. The quantitative estimate of drug-likeness (QED) is 0.811. The van der Waals surface area contributed by atoms with Crippen LogP contribution < -0.4 is 5.73 Å². The van der Waals surface area contributed by atoms with Gasteiger partial charge in [0.05, 0.1) is 5.56 Å². The maximum absolute atomic E-state index is 13.5. The van der Waals surface area contributed by atoms with Gasteiger partial charge >= 0.3 is 5.97 Å². The number of ether oxygens (including phenoxy) is 1. The summed E-state index contributed by atoms with van der Waals surface area (Å²) in [6.07, 6.45) is 0. The molecule has 0 aliphatic carbocycles. The molecule has 17 heavy (non-hydrogen) atoms. The summed E-state index contributed by atoms with van der Waals surface area (Å²) in [4.78, 5) is 11.6. The van der Waals surface area contributed by atoms with Crippen molar-refractivity contribution < 1.29 is 18.3 Å². The van der Waals surface area contributed by atoms with Crippen LogP contribution >= 0.6 is 0 Å². The van der Waals surface area contributed by atoms with Gasteiger partial charge in [0.2, 0.25) is 0 Å². The normalized spacial score (nSPS) is 11.4. The highest BCUT2D eigenvalue weighted by Crippen LogP contribution is 2.18. The lowest BCUT2D eigenvalue weighted by atomic mass is 10.1. The number of esters is 1. The minimum Gasteiger partial charge on any atom is -0.456 e. The lowest BCUT2D eigenvalue weighted by Gasteiger charge is -2.19. The zero-order chi connectivity index (χ0) is 13.2. The van der Waals surface area contributed by atoms with E-state index in [0.29, 0.717) is 0 Å². The lowest BCUT2D eigenvalue weighted by molar-refractivity contribution is 0.00641. The Morgan fingerprint density at radius 3 is 2.35 bits per heavy atom. The number of nitrogens with two attached hydrogens (primary N) is 1. The molecule has 1 rings (SSSR count). The SMILES string of the molecule is CC(C)(C)OC(=O)c1cc(F)c(CN)cc1F. The van der Waals surface area contributed by atoms with Crippen molar-refractivity contribution in [2.75, 3.05) is 0 Å². The van der Waals surface area contributed by atoms with Crippen molar-refractivity contribution in [2.45, 2.75) is 32.9 Å². The molecule has 0 heterocycles. The van der Waals surface area contributed by atoms with Crippen molar-refractivity contribution in [1.82, 2.24) is 0 Å². The number of hydrogen-bond donors (Lipinski definition) is 1. The van der Waals surface area contributed by atoms with Crippen LogP contribution in [0.5, 0.6) is 0 Å². The fourth-order valence-electron chi connectivity index (χ4n) is 1.23. The first-order valence-electron chi connectivity index (χ1n) is 5.16. The highest BCUT2D eigenvalue weighted by molar-refractivity contribution is 5.90. The molecule has 3 nitrogen and oxygen atoms in total. The second kappa shape index (κ2) is 4.79. The Kier molecular flexibility index (Phi) is 3.83. The highest BCUT2D eigenvalue weighted by atomic mass is 19.1. The second-order valence-corrected chi connectivity index (χ2v) is 4.63. The Morgan fingerprint density at radius 2 is 1.88 bits per heavy atom. The number of carbonyl (C=O) groups is 1. The predicted octanol–water partition coefficient (Wildman–Crippen LogP) is 2.38. The molecule has 0 saturated carbocycles. The molecule has 0 aromatic heterocycles. The largest absolute Gasteiger partial charge is 0.456 e. The molecule has 1 aromatic rings. The highest BCUT2D eigenvalue weighted by Gasteiger charge is 2.22.